The van der Waals surface area contributed by atoms with Gasteiger partial charge in [0, 0.05) is 32.6 Å². The number of likely N-dealkylation sites (N-methyl/N-ethyl adjacent to an activating group) is 1. The molecule has 1 aromatic heterocycles. The van der Waals surface area contributed by atoms with E-state index in [0.29, 0.717) is 24.9 Å². The lowest BCUT2D eigenvalue weighted by atomic mass is 10.00. The number of amides is 1. The Kier molecular flexibility index (Phi) is 4.10. The Hall–Kier alpha value is -0.910. The van der Waals surface area contributed by atoms with Crippen molar-refractivity contribution in [3.05, 3.63) is 22.4 Å². The van der Waals surface area contributed by atoms with E-state index in [0.717, 1.165) is 25.9 Å². The van der Waals surface area contributed by atoms with Gasteiger partial charge in [0.2, 0.25) is 5.91 Å². The van der Waals surface area contributed by atoms with Gasteiger partial charge >= 0.3 is 0 Å². The molecule has 1 N–H and O–H groups in total. The second kappa shape index (κ2) is 5.84. The minimum Gasteiger partial charge on any atom is -0.393 e. The maximum absolute atomic E-state index is 12.3. The fourth-order valence-electron chi connectivity index (χ4n) is 3.51. The molecule has 1 saturated carbocycles. The number of fused-ring (bicyclic) bond motifs is 1. The molecular formula is C15H22N2O2S. The van der Waals surface area contributed by atoms with Crippen molar-refractivity contribution in [3.63, 3.8) is 0 Å². The monoisotopic (exact) mass is 294 g/mol. The molecule has 0 bridgehead atoms. The Labute approximate surface area is 124 Å². The van der Waals surface area contributed by atoms with Gasteiger partial charge in [-0.15, -0.1) is 0 Å². The second-order valence-electron chi connectivity index (χ2n) is 6.14. The number of rotatable bonds is 4. The van der Waals surface area contributed by atoms with Crippen molar-refractivity contribution in [1.29, 1.82) is 0 Å². The van der Waals surface area contributed by atoms with Crippen LogP contribution in [-0.4, -0.2) is 53.6 Å². The summed E-state index contributed by atoms with van der Waals surface area (Å²) in [5.41, 5.74) is 1.19. The van der Waals surface area contributed by atoms with Gasteiger partial charge in [-0.1, -0.05) is 0 Å². The van der Waals surface area contributed by atoms with E-state index < -0.39 is 0 Å². The van der Waals surface area contributed by atoms with Crippen molar-refractivity contribution in [2.45, 2.75) is 25.5 Å². The zero-order valence-electron chi connectivity index (χ0n) is 11.9. The summed E-state index contributed by atoms with van der Waals surface area (Å²) >= 11 is 1.66. The van der Waals surface area contributed by atoms with Crippen LogP contribution in [0.5, 0.6) is 0 Å². The van der Waals surface area contributed by atoms with Gasteiger partial charge in [0.05, 0.1) is 12.6 Å². The molecule has 0 aromatic carbocycles. The van der Waals surface area contributed by atoms with Crippen molar-refractivity contribution in [1.82, 2.24) is 9.80 Å². The molecule has 110 valence electrons. The van der Waals surface area contributed by atoms with E-state index in [4.69, 9.17) is 0 Å². The summed E-state index contributed by atoms with van der Waals surface area (Å²) < 4.78 is 0. The topological polar surface area (TPSA) is 43.8 Å². The molecule has 2 heterocycles. The summed E-state index contributed by atoms with van der Waals surface area (Å²) in [5.74, 6) is 1.16. The third kappa shape index (κ3) is 2.90. The molecule has 2 fully saturated rings. The summed E-state index contributed by atoms with van der Waals surface area (Å²) in [6.07, 6.45) is 1.90. The molecule has 3 rings (SSSR count). The van der Waals surface area contributed by atoms with Crippen LogP contribution in [0, 0.1) is 11.8 Å². The standard InChI is InChI=1S/C15H22N2O2S/c1-16(6-11-4-5-20-10-11)15(19)9-17-7-12-2-3-14(18)13(12)8-17/h4-5,10,12-14,18H,2-3,6-9H2,1H3. The number of aliphatic hydroxyl groups is 1. The summed E-state index contributed by atoms with van der Waals surface area (Å²) in [5, 5.41) is 14.0. The summed E-state index contributed by atoms with van der Waals surface area (Å²) in [7, 11) is 1.87. The molecule has 1 aromatic rings. The van der Waals surface area contributed by atoms with E-state index in [1.54, 1.807) is 16.2 Å². The van der Waals surface area contributed by atoms with Crippen molar-refractivity contribution < 1.29 is 9.90 Å². The first-order valence-electron chi connectivity index (χ1n) is 7.29. The predicted octanol–water partition coefficient (Wildman–Crippen LogP) is 1.41. The van der Waals surface area contributed by atoms with E-state index >= 15 is 0 Å². The first-order valence-corrected chi connectivity index (χ1v) is 8.23. The van der Waals surface area contributed by atoms with Gasteiger partial charge in [0.15, 0.2) is 0 Å². The Morgan fingerprint density at radius 1 is 1.50 bits per heavy atom. The molecular weight excluding hydrogens is 272 g/mol. The third-order valence-corrected chi connectivity index (χ3v) is 5.41. The highest BCUT2D eigenvalue weighted by atomic mass is 32.1. The van der Waals surface area contributed by atoms with Gasteiger partial charge in [-0.3, -0.25) is 9.69 Å². The van der Waals surface area contributed by atoms with Gasteiger partial charge in [-0.05, 0) is 41.1 Å². The van der Waals surface area contributed by atoms with Crippen LogP contribution in [0.4, 0.5) is 0 Å². The van der Waals surface area contributed by atoms with E-state index in [-0.39, 0.29) is 12.0 Å². The number of aliphatic hydroxyl groups excluding tert-OH is 1. The minimum absolute atomic E-state index is 0.149. The average Bonchev–Trinajstić information content (AvgIpc) is 3.10. The SMILES string of the molecule is CN(Cc1ccsc1)C(=O)CN1CC2CCC(O)C2C1. The molecule has 4 nitrogen and oxygen atoms in total. The van der Waals surface area contributed by atoms with E-state index in [1.165, 1.54) is 5.56 Å². The number of nitrogens with zero attached hydrogens (tertiary/aromatic N) is 2. The average molecular weight is 294 g/mol. The van der Waals surface area contributed by atoms with Crippen molar-refractivity contribution in [2.75, 3.05) is 26.7 Å². The van der Waals surface area contributed by atoms with Crippen LogP contribution in [0.15, 0.2) is 16.8 Å². The molecule has 1 aliphatic heterocycles. The van der Waals surface area contributed by atoms with E-state index in [1.807, 2.05) is 12.4 Å². The number of hydrogen-bond acceptors (Lipinski definition) is 4. The number of likely N-dealkylation sites (tertiary alicyclic amines) is 1. The highest BCUT2D eigenvalue weighted by molar-refractivity contribution is 7.07. The molecule has 1 amide bonds. The zero-order chi connectivity index (χ0) is 14.1. The predicted molar refractivity (Wildman–Crippen MR) is 79.5 cm³/mol. The minimum atomic E-state index is -0.149. The zero-order valence-corrected chi connectivity index (χ0v) is 12.7. The Bertz CT molecular complexity index is 462. The Balaban J connectivity index is 1.50. The fraction of sp³-hybridized carbons (Fsp3) is 0.667. The first kappa shape index (κ1) is 14.0. The molecule has 3 atom stereocenters. The van der Waals surface area contributed by atoms with Crippen molar-refractivity contribution in [3.8, 4) is 0 Å². The normalized spacial score (nSPS) is 29.6. The van der Waals surface area contributed by atoms with Gasteiger partial charge in [-0.25, -0.2) is 0 Å². The van der Waals surface area contributed by atoms with Gasteiger partial charge in [0.25, 0.3) is 0 Å². The van der Waals surface area contributed by atoms with Crippen LogP contribution in [0.1, 0.15) is 18.4 Å². The van der Waals surface area contributed by atoms with Crippen LogP contribution in [0.2, 0.25) is 0 Å². The number of hydrogen-bond donors (Lipinski definition) is 1. The molecule has 3 unspecified atom stereocenters. The number of carbonyl (C=O) groups excluding carboxylic acids is 1. The van der Waals surface area contributed by atoms with Crippen molar-refractivity contribution >= 4 is 17.2 Å². The summed E-state index contributed by atoms with van der Waals surface area (Å²) in [6, 6.07) is 2.06. The summed E-state index contributed by atoms with van der Waals surface area (Å²) in [6.45, 7) is 3.02. The van der Waals surface area contributed by atoms with Crippen LogP contribution < -0.4 is 0 Å². The van der Waals surface area contributed by atoms with Gasteiger partial charge < -0.3 is 10.0 Å². The molecule has 2 aliphatic rings. The number of carbonyl (C=O) groups is 1. The summed E-state index contributed by atoms with van der Waals surface area (Å²) in [4.78, 5) is 16.3. The fourth-order valence-corrected chi connectivity index (χ4v) is 4.17. The maximum atomic E-state index is 12.3. The van der Waals surface area contributed by atoms with Crippen LogP contribution in [0.3, 0.4) is 0 Å². The molecule has 1 aliphatic carbocycles. The Morgan fingerprint density at radius 3 is 3.05 bits per heavy atom. The Morgan fingerprint density at radius 2 is 2.35 bits per heavy atom. The molecule has 20 heavy (non-hydrogen) atoms. The lowest BCUT2D eigenvalue weighted by Crippen LogP contribution is -2.37. The van der Waals surface area contributed by atoms with Crippen LogP contribution in [0.25, 0.3) is 0 Å². The van der Waals surface area contributed by atoms with Gasteiger partial charge in [-0.2, -0.15) is 11.3 Å². The van der Waals surface area contributed by atoms with Crippen molar-refractivity contribution in [2.24, 2.45) is 11.8 Å². The van der Waals surface area contributed by atoms with Gasteiger partial charge in [0.1, 0.15) is 0 Å². The van der Waals surface area contributed by atoms with E-state index in [9.17, 15) is 9.90 Å². The second-order valence-corrected chi connectivity index (χ2v) is 6.92. The smallest absolute Gasteiger partial charge is 0.236 e. The molecule has 0 spiro atoms. The van der Waals surface area contributed by atoms with Crippen LogP contribution in [-0.2, 0) is 11.3 Å². The highest BCUT2D eigenvalue weighted by Crippen LogP contribution is 2.37. The molecule has 1 saturated heterocycles. The number of thiophene rings is 1. The third-order valence-electron chi connectivity index (χ3n) is 4.68. The first-order chi connectivity index (χ1) is 9.63. The lowest BCUT2D eigenvalue weighted by molar-refractivity contribution is -0.131. The molecule has 5 heteroatoms. The van der Waals surface area contributed by atoms with E-state index in [2.05, 4.69) is 16.3 Å². The lowest BCUT2D eigenvalue weighted by Gasteiger charge is -2.22. The molecule has 0 radical (unpaired) electrons. The largest absolute Gasteiger partial charge is 0.393 e. The highest BCUT2D eigenvalue weighted by Gasteiger charge is 2.42. The van der Waals surface area contributed by atoms with Crippen LogP contribution >= 0.6 is 11.3 Å². The quantitative estimate of drug-likeness (QED) is 0.913. The maximum Gasteiger partial charge on any atom is 0.236 e.